The molecule has 4 unspecified atom stereocenters. The maximum atomic E-state index is 13.0. The lowest BCUT2D eigenvalue weighted by atomic mass is 9.81. The Morgan fingerprint density at radius 3 is 2.19 bits per heavy atom. The molecule has 0 saturated carbocycles. The Labute approximate surface area is 304 Å². The Bertz CT molecular complexity index is 1550. The molecule has 0 radical (unpaired) electrons. The van der Waals surface area contributed by atoms with Gasteiger partial charge in [0.25, 0.3) is 17.5 Å². The first-order valence-electron chi connectivity index (χ1n) is 16.3. The third-order valence-electron chi connectivity index (χ3n) is 7.84. The van der Waals surface area contributed by atoms with E-state index in [-0.39, 0.29) is 17.5 Å². The Morgan fingerprint density at radius 1 is 1.02 bits per heavy atom. The van der Waals surface area contributed by atoms with Gasteiger partial charge in [-0.05, 0) is 33.3 Å². The highest BCUT2D eigenvalue weighted by molar-refractivity contribution is 5.95. The Kier molecular flexibility index (Phi) is 19.2. The monoisotopic (exact) mass is 728 g/mol. The number of carbonyl (C=O) groups excluding carboxylic acids is 4. The van der Waals surface area contributed by atoms with Crippen molar-refractivity contribution in [2.45, 2.75) is 65.0 Å². The van der Waals surface area contributed by atoms with Crippen molar-refractivity contribution in [1.82, 2.24) is 20.3 Å². The van der Waals surface area contributed by atoms with Gasteiger partial charge < -0.3 is 39.4 Å². The number of hydrogen-bond acceptors (Lipinski definition) is 12. The summed E-state index contributed by atoms with van der Waals surface area (Å²) in [7, 11) is 3.48. The first kappa shape index (κ1) is 45.1. The summed E-state index contributed by atoms with van der Waals surface area (Å²) in [6.45, 7) is 7.11. The number of hydroxylamine groups is 2. The van der Waals surface area contributed by atoms with E-state index in [0.717, 1.165) is 26.0 Å². The van der Waals surface area contributed by atoms with Crippen molar-refractivity contribution in [2.75, 3.05) is 34.4 Å². The lowest BCUT2D eigenvalue weighted by Gasteiger charge is -2.37. The molecule has 0 aliphatic rings. The highest BCUT2D eigenvalue weighted by Crippen LogP contribution is 2.26. The van der Waals surface area contributed by atoms with Gasteiger partial charge in [0, 0.05) is 40.1 Å². The number of methoxy groups -OCH3 is 2. The largest absolute Gasteiger partial charge is 0.467 e. The first-order valence-corrected chi connectivity index (χ1v) is 16.3. The van der Waals surface area contributed by atoms with Crippen molar-refractivity contribution in [2.24, 2.45) is 5.41 Å². The maximum absolute atomic E-state index is 13.0. The topological polar surface area (TPSA) is 212 Å². The molecular weight excluding hydrogens is 676 g/mol. The van der Waals surface area contributed by atoms with E-state index in [4.69, 9.17) is 9.15 Å². The predicted molar refractivity (Wildman–Crippen MR) is 192 cm³/mol. The molecule has 1 heterocycles. The summed E-state index contributed by atoms with van der Waals surface area (Å²) >= 11 is 0. The molecule has 0 aliphatic heterocycles. The van der Waals surface area contributed by atoms with E-state index < -0.39 is 53.8 Å². The lowest BCUT2D eigenvalue weighted by Crippen LogP contribution is -2.65. The molecule has 0 saturated heterocycles. The van der Waals surface area contributed by atoms with Gasteiger partial charge in [0.15, 0.2) is 11.9 Å². The van der Waals surface area contributed by atoms with Gasteiger partial charge in [-0.1, -0.05) is 72.9 Å². The number of ether oxygens (including phenoxy) is 2. The number of carbonyl (C=O) groups is 4. The molecule has 0 aliphatic carbocycles. The predicted octanol–water partition coefficient (Wildman–Crippen LogP) is 2.25. The fourth-order valence-corrected chi connectivity index (χ4v) is 4.54. The van der Waals surface area contributed by atoms with Crippen molar-refractivity contribution >= 4 is 23.7 Å². The van der Waals surface area contributed by atoms with Crippen LogP contribution in [0.1, 0.15) is 39.3 Å². The molecule has 0 fully saturated rings. The van der Waals surface area contributed by atoms with E-state index in [1.54, 1.807) is 70.3 Å². The molecule has 4 atom stereocenters. The number of hydrogen-bond donors (Lipinski definition) is 5. The van der Waals surface area contributed by atoms with Crippen LogP contribution in [0.4, 0.5) is 0 Å². The second-order valence-electron chi connectivity index (χ2n) is 12.1. The minimum atomic E-state index is -3.11. The lowest BCUT2D eigenvalue weighted by molar-refractivity contribution is -0.257. The molecule has 1 aromatic heterocycles. The number of nitrogens with one attached hydrogen (secondary N) is 1. The summed E-state index contributed by atoms with van der Waals surface area (Å²) in [5, 5.41) is 44.0. The molecule has 0 aromatic carbocycles. The summed E-state index contributed by atoms with van der Waals surface area (Å²) in [5.74, 6) is -2.45. The SMILES string of the molecule is COC(=O)C(C(C)OC)N(C)C(=O)C(O)(CO)N(O)C(=O)/C=C/C=C/C=C/C=C\CNC(=O)C(C)(C)C(O)\C(C)=C/C=C\C=C\Cc1cnc(C)o1. The van der Waals surface area contributed by atoms with Gasteiger partial charge in [-0.25, -0.2) is 9.78 Å². The molecule has 15 nitrogen and oxygen atoms in total. The molecule has 15 heteroatoms. The molecule has 0 spiro atoms. The van der Waals surface area contributed by atoms with E-state index >= 15 is 0 Å². The second kappa shape index (κ2) is 22.1. The van der Waals surface area contributed by atoms with Crippen molar-refractivity contribution in [3.63, 3.8) is 0 Å². The summed E-state index contributed by atoms with van der Waals surface area (Å²) in [6.07, 6.45) is 21.1. The van der Waals surface area contributed by atoms with E-state index in [1.165, 1.54) is 32.3 Å². The summed E-state index contributed by atoms with van der Waals surface area (Å²) < 4.78 is 15.2. The van der Waals surface area contributed by atoms with Gasteiger partial charge in [0.05, 0.1) is 30.9 Å². The average molecular weight is 729 g/mol. The number of rotatable bonds is 20. The molecule has 286 valence electrons. The molecular formula is C37H52N4O11. The number of oxazole rings is 1. The van der Waals surface area contributed by atoms with Gasteiger partial charge in [-0.2, -0.15) is 5.06 Å². The Balaban J connectivity index is 2.64. The molecule has 1 rings (SSSR count). The smallest absolute Gasteiger partial charge is 0.331 e. The van der Waals surface area contributed by atoms with Crippen LogP contribution in [-0.2, 0) is 35.1 Å². The van der Waals surface area contributed by atoms with Gasteiger partial charge in [0.2, 0.25) is 5.91 Å². The van der Waals surface area contributed by atoms with Gasteiger partial charge in [-0.15, -0.1) is 0 Å². The van der Waals surface area contributed by atoms with Crippen LogP contribution in [0.15, 0.2) is 95.2 Å². The number of amides is 3. The number of esters is 1. The van der Waals surface area contributed by atoms with Crippen molar-refractivity contribution < 1.29 is 53.6 Å². The zero-order chi connectivity index (χ0) is 39.5. The highest BCUT2D eigenvalue weighted by Gasteiger charge is 2.49. The number of aromatic nitrogens is 1. The number of aliphatic hydroxyl groups excluding tert-OH is 2. The third kappa shape index (κ3) is 13.3. The number of allylic oxidation sites excluding steroid dienone is 11. The van der Waals surface area contributed by atoms with E-state index in [2.05, 4.69) is 15.0 Å². The molecule has 5 N–H and O–H groups in total. The normalized spacial score (nSPS) is 15.9. The summed E-state index contributed by atoms with van der Waals surface area (Å²) in [6, 6.07) is -1.36. The zero-order valence-corrected chi connectivity index (χ0v) is 30.9. The Hall–Kier alpha value is -4.93. The highest BCUT2D eigenvalue weighted by atomic mass is 16.6. The number of nitrogens with zero attached hydrogens (tertiary/aromatic N) is 3. The van der Waals surface area contributed by atoms with Crippen molar-refractivity contribution in [1.29, 1.82) is 0 Å². The first-order chi connectivity index (χ1) is 24.5. The van der Waals surface area contributed by atoms with Crippen LogP contribution in [-0.4, -0.2) is 118 Å². The van der Waals surface area contributed by atoms with E-state index in [1.807, 2.05) is 18.2 Å². The minimum Gasteiger partial charge on any atom is -0.467 e. The second-order valence-corrected chi connectivity index (χ2v) is 12.1. The fourth-order valence-electron chi connectivity index (χ4n) is 4.54. The fraction of sp³-hybridized carbons (Fsp3) is 0.432. The number of aliphatic hydroxyl groups is 3. The molecule has 3 amide bonds. The molecule has 0 bridgehead atoms. The molecule has 52 heavy (non-hydrogen) atoms. The van der Waals surface area contributed by atoms with Crippen LogP contribution >= 0.6 is 0 Å². The minimum absolute atomic E-state index is 0.203. The van der Waals surface area contributed by atoms with Crippen LogP contribution in [0.5, 0.6) is 0 Å². The van der Waals surface area contributed by atoms with E-state index in [9.17, 15) is 39.7 Å². The number of aryl methyl sites for hydroxylation is 1. The van der Waals surface area contributed by atoms with Gasteiger partial charge in [0.1, 0.15) is 12.4 Å². The maximum Gasteiger partial charge on any atom is 0.331 e. The standard InChI is InChI=1S/C37H52N4O11/c1-26(20-16-13-14-17-21-29-24-39-28(3)52-29)32(44)36(4,5)34(46)38-23-19-15-11-9-10-12-18-22-30(43)41(49)37(48,25-42)35(47)40(6)31(27(2)50-7)33(45)51-8/h9-20,22,24,27,31-32,42,44,48-49H,21,23,25H2,1-8H3,(H,38,46)/b11-9+,12-10+,16-13-,17-14+,19-15-,22-18+,26-20-. The van der Waals surface area contributed by atoms with Crippen molar-refractivity contribution in [3.8, 4) is 0 Å². The Morgan fingerprint density at radius 2 is 1.62 bits per heavy atom. The van der Waals surface area contributed by atoms with Crippen LogP contribution in [0, 0.1) is 12.3 Å². The molecule has 1 aromatic rings. The third-order valence-corrected chi connectivity index (χ3v) is 7.84. The quantitative estimate of drug-likeness (QED) is 0.0327. The van der Waals surface area contributed by atoms with E-state index in [0.29, 0.717) is 22.8 Å². The summed E-state index contributed by atoms with van der Waals surface area (Å²) in [4.78, 5) is 55.2. The average Bonchev–Trinajstić information content (AvgIpc) is 3.55. The zero-order valence-electron chi connectivity index (χ0n) is 30.9. The number of likely N-dealkylation sites (N-methyl/N-ethyl adjacent to an activating group) is 1. The van der Waals surface area contributed by atoms with Crippen LogP contribution in [0.25, 0.3) is 0 Å². The van der Waals surface area contributed by atoms with Gasteiger partial charge >= 0.3 is 5.97 Å². The van der Waals surface area contributed by atoms with Gasteiger partial charge in [-0.3, -0.25) is 19.6 Å². The summed E-state index contributed by atoms with van der Waals surface area (Å²) in [5.41, 5.74) is -3.59. The van der Waals surface area contributed by atoms with Crippen LogP contribution in [0.2, 0.25) is 0 Å². The van der Waals surface area contributed by atoms with Crippen molar-refractivity contribution in [3.05, 3.63) is 102 Å². The van der Waals surface area contributed by atoms with Crippen LogP contribution < -0.4 is 5.32 Å². The van der Waals surface area contributed by atoms with Crippen LogP contribution in [0.3, 0.4) is 0 Å².